The highest BCUT2D eigenvalue weighted by atomic mass is 35.5. The third-order valence-corrected chi connectivity index (χ3v) is 4.49. The molecule has 1 aliphatic heterocycles. The average molecular weight is 335 g/mol. The van der Waals surface area contributed by atoms with Crippen molar-refractivity contribution in [3.8, 4) is 0 Å². The summed E-state index contributed by atoms with van der Waals surface area (Å²) in [4.78, 5) is 0. The zero-order valence-electron chi connectivity index (χ0n) is 11.9. The van der Waals surface area contributed by atoms with Crippen LogP contribution in [0.1, 0.15) is 24.6 Å². The maximum absolute atomic E-state index is 9.44. The summed E-state index contributed by atoms with van der Waals surface area (Å²) in [6.07, 6.45) is 3.25. The number of hydrogen-bond donors (Lipinski definition) is 3. The van der Waals surface area contributed by atoms with Crippen molar-refractivity contribution < 1.29 is 10.2 Å². The predicted octanol–water partition coefficient (Wildman–Crippen LogP) is 0.798. The highest BCUT2D eigenvalue weighted by Crippen LogP contribution is 2.27. The number of rotatable bonds is 7. The van der Waals surface area contributed by atoms with E-state index in [1.165, 1.54) is 11.8 Å². The van der Waals surface area contributed by atoms with Crippen LogP contribution in [-0.4, -0.2) is 56.5 Å². The van der Waals surface area contributed by atoms with Gasteiger partial charge in [-0.15, -0.1) is 29.2 Å². The van der Waals surface area contributed by atoms with Crippen LogP contribution in [0.5, 0.6) is 0 Å². The van der Waals surface area contributed by atoms with Crippen molar-refractivity contribution in [1.82, 2.24) is 20.1 Å². The van der Waals surface area contributed by atoms with Gasteiger partial charge >= 0.3 is 0 Å². The molecule has 2 rings (SSSR count). The number of nitrogens with zero attached hydrogens (tertiary/aromatic N) is 3. The molecule has 1 fully saturated rings. The lowest BCUT2D eigenvalue weighted by Crippen LogP contribution is -2.28. The first-order valence-corrected chi connectivity index (χ1v) is 7.91. The Labute approximate surface area is 135 Å². The summed E-state index contributed by atoms with van der Waals surface area (Å²) in [5, 5.41) is 31.0. The zero-order valence-corrected chi connectivity index (χ0v) is 13.6. The smallest absolute Gasteiger partial charge is 0.191 e. The van der Waals surface area contributed by atoms with E-state index in [1.54, 1.807) is 0 Å². The number of halogens is 1. The first-order chi connectivity index (χ1) is 9.76. The first-order valence-electron chi connectivity index (χ1n) is 6.92. The molecule has 1 aliphatic rings. The van der Waals surface area contributed by atoms with Gasteiger partial charge in [-0.05, 0) is 25.9 Å². The fourth-order valence-corrected chi connectivity index (χ4v) is 3.18. The van der Waals surface area contributed by atoms with E-state index in [1.807, 2.05) is 6.08 Å². The van der Waals surface area contributed by atoms with Crippen LogP contribution in [0.25, 0.3) is 0 Å². The molecule has 0 saturated carbocycles. The summed E-state index contributed by atoms with van der Waals surface area (Å²) in [5.41, 5.74) is 0. The Hall–Kier alpha value is -0.600. The highest BCUT2D eigenvalue weighted by molar-refractivity contribution is 7.99. The molecule has 21 heavy (non-hydrogen) atoms. The molecule has 3 N–H and O–H groups in total. The van der Waals surface area contributed by atoms with Crippen LogP contribution in [0, 0.1) is 0 Å². The Morgan fingerprint density at radius 1 is 1.43 bits per heavy atom. The molecular weight excluding hydrogens is 312 g/mol. The SMILES string of the molecule is C=CCn1c(SCC(O)CO)nnc1C1CCNCC1.Cl. The molecule has 6 nitrogen and oxygen atoms in total. The van der Waals surface area contributed by atoms with Crippen molar-refractivity contribution in [3.63, 3.8) is 0 Å². The molecule has 1 aromatic heterocycles. The Morgan fingerprint density at radius 3 is 2.76 bits per heavy atom. The number of piperidine rings is 1. The molecule has 0 aromatic carbocycles. The number of aliphatic hydroxyl groups is 2. The first kappa shape index (κ1) is 18.4. The van der Waals surface area contributed by atoms with E-state index in [-0.39, 0.29) is 19.0 Å². The molecule has 1 saturated heterocycles. The lowest BCUT2D eigenvalue weighted by atomic mass is 9.97. The number of nitrogens with one attached hydrogen (secondary N) is 1. The third kappa shape index (κ3) is 4.96. The molecule has 120 valence electrons. The molecule has 1 unspecified atom stereocenters. The topological polar surface area (TPSA) is 83.2 Å². The normalized spacial score (nSPS) is 17.2. The van der Waals surface area contributed by atoms with E-state index in [4.69, 9.17) is 5.11 Å². The Morgan fingerprint density at radius 2 is 2.14 bits per heavy atom. The molecule has 2 heterocycles. The van der Waals surface area contributed by atoms with Crippen molar-refractivity contribution in [2.24, 2.45) is 0 Å². The fourth-order valence-electron chi connectivity index (χ4n) is 2.31. The van der Waals surface area contributed by atoms with E-state index in [0.29, 0.717) is 18.2 Å². The molecule has 1 aromatic rings. The van der Waals surface area contributed by atoms with E-state index < -0.39 is 6.10 Å². The summed E-state index contributed by atoms with van der Waals surface area (Å²) in [6.45, 7) is 6.25. The Balaban J connectivity index is 0.00000220. The average Bonchev–Trinajstić information content (AvgIpc) is 2.89. The number of aromatic nitrogens is 3. The Bertz CT molecular complexity index is 438. The van der Waals surface area contributed by atoms with Gasteiger partial charge in [-0.2, -0.15) is 0 Å². The Kier molecular flexibility index (Phi) is 8.28. The van der Waals surface area contributed by atoms with Gasteiger partial charge in [-0.1, -0.05) is 17.8 Å². The summed E-state index contributed by atoms with van der Waals surface area (Å²) < 4.78 is 2.07. The minimum absolute atomic E-state index is 0. The molecule has 0 bridgehead atoms. The van der Waals surface area contributed by atoms with Gasteiger partial charge in [0, 0.05) is 18.2 Å². The number of thioether (sulfide) groups is 1. The van der Waals surface area contributed by atoms with Gasteiger partial charge < -0.3 is 20.1 Å². The molecular formula is C13H23ClN4O2S. The summed E-state index contributed by atoms with van der Waals surface area (Å²) >= 11 is 1.42. The van der Waals surface area contributed by atoms with Crippen LogP contribution in [0.3, 0.4) is 0 Å². The largest absolute Gasteiger partial charge is 0.394 e. The number of allylic oxidation sites excluding steroid dienone is 1. The van der Waals surface area contributed by atoms with Crippen LogP contribution in [0.15, 0.2) is 17.8 Å². The lowest BCUT2D eigenvalue weighted by Gasteiger charge is -2.22. The number of hydrogen-bond acceptors (Lipinski definition) is 6. The minimum atomic E-state index is -0.726. The molecule has 0 radical (unpaired) electrons. The van der Waals surface area contributed by atoms with Gasteiger partial charge in [0.1, 0.15) is 5.82 Å². The van der Waals surface area contributed by atoms with Crippen molar-refractivity contribution in [2.45, 2.75) is 36.6 Å². The molecule has 1 atom stereocenters. The third-order valence-electron chi connectivity index (χ3n) is 3.38. The van der Waals surface area contributed by atoms with E-state index in [9.17, 15) is 5.11 Å². The molecule has 8 heteroatoms. The van der Waals surface area contributed by atoms with Crippen molar-refractivity contribution in [3.05, 3.63) is 18.5 Å². The predicted molar refractivity (Wildman–Crippen MR) is 86.1 cm³/mol. The highest BCUT2D eigenvalue weighted by Gasteiger charge is 2.23. The molecule has 0 spiro atoms. The second-order valence-electron chi connectivity index (χ2n) is 4.91. The fraction of sp³-hybridized carbons (Fsp3) is 0.692. The summed E-state index contributed by atoms with van der Waals surface area (Å²) in [5.74, 6) is 1.85. The van der Waals surface area contributed by atoms with Gasteiger partial charge in [-0.25, -0.2) is 0 Å². The van der Waals surface area contributed by atoms with Crippen molar-refractivity contribution in [1.29, 1.82) is 0 Å². The van der Waals surface area contributed by atoms with E-state index >= 15 is 0 Å². The molecule has 0 aliphatic carbocycles. The van der Waals surface area contributed by atoms with Crippen LogP contribution in [0.2, 0.25) is 0 Å². The lowest BCUT2D eigenvalue weighted by molar-refractivity contribution is 0.113. The van der Waals surface area contributed by atoms with Crippen LogP contribution in [-0.2, 0) is 6.54 Å². The van der Waals surface area contributed by atoms with Gasteiger partial charge in [-0.3, -0.25) is 0 Å². The molecule has 0 amide bonds. The van der Waals surface area contributed by atoms with Crippen LogP contribution < -0.4 is 5.32 Å². The van der Waals surface area contributed by atoms with Gasteiger partial charge in [0.2, 0.25) is 0 Å². The van der Waals surface area contributed by atoms with E-state index in [0.717, 1.165) is 36.9 Å². The zero-order chi connectivity index (χ0) is 14.4. The van der Waals surface area contributed by atoms with Gasteiger partial charge in [0.05, 0.1) is 12.7 Å². The second-order valence-corrected chi connectivity index (χ2v) is 5.90. The van der Waals surface area contributed by atoms with Gasteiger partial charge in [0.25, 0.3) is 0 Å². The van der Waals surface area contributed by atoms with E-state index in [2.05, 4.69) is 26.7 Å². The summed E-state index contributed by atoms with van der Waals surface area (Å²) in [7, 11) is 0. The summed E-state index contributed by atoms with van der Waals surface area (Å²) in [6, 6.07) is 0. The quantitative estimate of drug-likeness (QED) is 0.505. The standard InChI is InChI=1S/C13H22N4O2S.ClH/c1-2-7-17-12(10-3-5-14-6-4-10)15-16-13(17)20-9-11(19)8-18;/h2,10-11,14,18-19H,1,3-9H2;1H. The van der Waals surface area contributed by atoms with Gasteiger partial charge in [0.15, 0.2) is 5.16 Å². The maximum Gasteiger partial charge on any atom is 0.191 e. The maximum atomic E-state index is 9.44. The monoisotopic (exact) mass is 334 g/mol. The number of aliphatic hydroxyl groups excluding tert-OH is 2. The van der Waals surface area contributed by atoms with Crippen LogP contribution in [0.4, 0.5) is 0 Å². The van der Waals surface area contributed by atoms with Crippen molar-refractivity contribution >= 4 is 24.2 Å². The van der Waals surface area contributed by atoms with Crippen molar-refractivity contribution in [2.75, 3.05) is 25.4 Å². The second kappa shape index (κ2) is 9.42. The minimum Gasteiger partial charge on any atom is -0.394 e. The van der Waals surface area contributed by atoms with Crippen LogP contribution >= 0.6 is 24.2 Å².